The molecule has 0 radical (unpaired) electrons. The van der Waals surface area contributed by atoms with E-state index in [1.54, 1.807) is 0 Å². The van der Waals surface area contributed by atoms with E-state index < -0.39 is 0 Å². The van der Waals surface area contributed by atoms with Gasteiger partial charge in [0, 0.05) is 6.04 Å². The van der Waals surface area contributed by atoms with Gasteiger partial charge in [-0.1, -0.05) is 40.0 Å². The zero-order chi connectivity index (χ0) is 12.7. The molecule has 17 heavy (non-hydrogen) atoms. The van der Waals surface area contributed by atoms with Gasteiger partial charge in [0.1, 0.15) is 0 Å². The Labute approximate surface area is 109 Å². The van der Waals surface area contributed by atoms with Crippen LogP contribution in [0.2, 0.25) is 0 Å². The molecule has 3 unspecified atom stereocenters. The largest absolute Gasteiger partial charge is 0.301 e. The quantitative estimate of drug-likeness (QED) is 0.648. The highest BCUT2D eigenvalue weighted by Crippen LogP contribution is 2.22. The van der Waals surface area contributed by atoms with Gasteiger partial charge in [0.05, 0.1) is 0 Å². The molecule has 0 saturated carbocycles. The van der Waals surface area contributed by atoms with Gasteiger partial charge in [0.15, 0.2) is 0 Å². The van der Waals surface area contributed by atoms with Crippen LogP contribution in [0.3, 0.4) is 0 Å². The van der Waals surface area contributed by atoms with Gasteiger partial charge in [-0.05, 0) is 57.5 Å². The monoisotopic (exact) mass is 239 g/mol. The van der Waals surface area contributed by atoms with E-state index in [0.29, 0.717) is 0 Å². The molecule has 1 rings (SSSR count). The first kappa shape index (κ1) is 15.0. The van der Waals surface area contributed by atoms with Crippen molar-refractivity contribution in [3.63, 3.8) is 0 Å². The SMILES string of the molecule is CCC(C)C(C)CCC(C)N1CCCCCC1. The summed E-state index contributed by atoms with van der Waals surface area (Å²) >= 11 is 0. The number of nitrogens with zero attached hydrogens (tertiary/aromatic N) is 1. The summed E-state index contributed by atoms with van der Waals surface area (Å²) in [6.45, 7) is 12.3. The van der Waals surface area contributed by atoms with Crippen molar-refractivity contribution in [2.24, 2.45) is 11.8 Å². The van der Waals surface area contributed by atoms with E-state index in [1.807, 2.05) is 0 Å². The predicted octanol–water partition coefficient (Wildman–Crippen LogP) is 4.71. The molecule has 1 aliphatic heterocycles. The average Bonchev–Trinajstić information content (AvgIpc) is 2.63. The third kappa shape index (κ3) is 5.42. The molecule has 102 valence electrons. The van der Waals surface area contributed by atoms with Crippen molar-refractivity contribution in [2.45, 2.75) is 78.7 Å². The number of rotatable bonds is 6. The molecule has 1 heterocycles. The second kappa shape index (κ2) is 8.13. The lowest BCUT2D eigenvalue weighted by Gasteiger charge is -2.29. The van der Waals surface area contributed by atoms with Crippen LogP contribution in [0.5, 0.6) is 0 Å². The summed E-state index contributed by atoms with van der Waals surface area (Å²) in [5.74, 6) is 1.79. The van der Waals surface area contributed by atoms with Crippen molar-refractivity contribution in [1.82, 2.24) is 4.90 Å². The zero-order valence-electron chi connectivity index (χ0n) is 12.5. The highest BCUT2D eigenvalue weighted by Gasteiger charge is 2.17. The van der Waals surface area contributed by atoms with Crippen LogP contribution in [0.25, 0.3) is 0 Å². The molecular weight excluding hydrogens is 206 g/mol. The fourth-order valence-corrected chi connectivity index (χ4v) is 2.91. The van der Waals surface area contributed by atoms with Gasteiger partial charge in [-0.25, -0.2) is 0 Å². The van der Waals surface area contributed by atoms with Gasteiger partial charge < -0.3 is 4.90 Å². The smallest absolute Gasteiger partial charge is 0.00670 e. The van der Waals surface area contributed by atoms with E-state index in [9.17, 15) is 0 Å². The van der Waals surface area contributed by atoms with E-state index in [-0.39, 0.29) is 0 Å². The Kier molecular flexibility index (Phi) is 7.18. The molecule has 1 fully saturated rings. The lowest BCUT2D eigenvalue weighted by Crippen LogP contribution is -2.34. The summed E-state index contributed by atoms with van der Waals surface area (Å²) in [6.07, 6.45) is 9.88. The van der Waals surface area contributed by atoms with Gasteiger partial charge in [0.2, 0.25) is 0 Å². The van der Waals surface area contributed by atoms with E-state index in [4.69, 9.17) is 0 Å². The lowest BCUT2D eigenvalue weighted by atomic mass is 9.88. The summed E-state index contributed by atoms with van der Waals surface area (Å²) in [5, 5.41) is 0. The summed E-state index contributed by atoms with van der Waals surface area (Å²) in [4.78, 5) is 2.73. The summed E-state index contributed by atoms with van der Waals surface area (Å²) in [7, 11) is 0. The Balaban J connectivity index is 2.25. The van der Waals surface area contributed by atoms with Crippen LogP contribution >= 0.6 is 0 Å². The van der Waals surface area contributed by atoms with Crippen LogP contribution < -0.4 is 0 Å². The third-order valence-electron chi connectivity index (χ3n) is 4.92. The summed E-state index contributed by atoms with van der Waals surface area (Å²) in [6, 6.07) is 0.805. The normalized spacial score (nSPS) is 24.0. The van der Waals surface area contributed by atoms with Crippen molar-refractivity contribution in [1.29, 1.82) is 0 Å². The summed E-state index contributed by atoms with van der Waals surface area (Å²) < 4.78 is 0. The van der Waals surface area contributed by atoms with Gasteiger partial charge in [-0.2, -0.15) is 0 Å². The standard InChI is InChI=1S/C16H33N/c1-5-14(2)15(3)10-11-16(4)17-12-8-6-7-9-13-17/h14-16H,5-13H2,1-4H3. The maximum atomic E-state index is 2.73. The van der Waals surface area contributed by atoms with Crippen LogP contribution in [0, 0.1) is 11.8 Å². The Morgan fingerprint density at radius 2 is 1.41 bits per heavy atom. The first-order valence-corrected chi connectivity index (χ1v) is 7.89. The van der Waals surface area contributed by atoms with E-state index in [2.05, 4.69) is 32.6 Å². The molecule has 1 nitrogen and oxygen atoms in total. The molecule has 1 aliphatic rings. The Morgan fingerprint density at radius 1 is 0.824 bits per heavy atom. The fourth-order valence-electron chi connectivity index (χ4n) is 2.91. The van der Waals surface area contributed by atoms with E-state index in [1.165, 1.54) is 58.0 Å². The molecule has 1 saturated heterocycles. The predicted molar refractivity (Wildman–Crippen MR) is 77.4 cm³/mol. The van der Waals surface area contributed by atoms with Crippen molar-refractivity contribution < 1.29 is 0 Å². The van der Waals surface area contributed by atoms with Crippen LogP contribution in [0.1, 0.15) is 72.6 Å². The zero-order valence-corrected chi connectivity index (χ0v) is 12.5. The molecule has 0 amide bonds. The molecule has 0 aromatic carbocycles. The molecule has 0 bridgehead atoms. The Morgan fingerprint density at radius 3 is 1.94 bits per heavy atom. The van der Waals surface area contributed by atoms with Crippen molar-refractivity contribution in [3.8, 4) is 0 Å². The van der Waals surface area contributed by atoms with Gasteiger partial charge in [-0.15, -0.1) is 0 Å². The average molecular weight is 239 g/mol. The molecule has 0 aromatic rings. The van der Waals surface area contributed by atoms with E-state index in [0.717, 1.165) is 17.9 Å². The van der Waals surface area contributed by atoms with Crippen molar-refractivity contribution in [3.05, 3.63) is 0 Å². The van der Waals surface area contributed by atoms with Crippen molar-refractivity contribution in [2.75, 3.05) is 13.1 Å². The minimum Gasteiger partial charge on any atom is -0.301 e. The maximum absolute atomic E-state index is 2.73. The Bertz CT molecular complexity index is 182. The molecule has 0 aliphatic carbocycles. The minimum absolute atomic E-state index is 0.805. The first-order chi connectivity index (χ1) is 8.15. The van der Waals surface area contributed by atoms with Gasteiger partial charge in [0.25, 0.3) is 0 Å². The van der Waals surface area contributed by atoms with Crippen molar-refractivity contribution >= 4 is 0 Å². The molecular formula is C16H33N. The Hall–Kier alpha value is -0.0400. The second-order valence-electron chi connectivity index (χ2n) is 6.24. The highest BCUT2D eigenvalue weighted by molar-refractivity contribution is 4.72. The second-order valence-corrected chi connectivity index (χ2v) is 6.24. The minimum atomic E-state index is 0.805. The number of hydrogen-bond acceptors (Lipinski definition) is 1. The van der Waals surface area contributed by atoms with E-state index >= 15 is 0 Å². The topological polar surface area (TPSA) is 3.24 Å². The van der Waals surface area contributed by atoms with Crippen LogP contribution in [-0.2, 0) is 0 Å². The van der Waals surface area contributed by atoms with Gasteiger partial charge in [-0.3, -0.25) is 0 Å². The van der Waals surface area contributed by atoms with Crippen LogP contribution in [0.4, 0.5) is 0 Å². The third-order valence-corrected chi connectivity index (χ3v) is 4.92. The maximum Gasteiger partial charge on any atom is 0.00670 e. The highest BCUT2D eigenvalue weighted by atomic mass is 15.1. The summed E-state index contributed by atoms with van der Waals surface area (Å²) in [5.41, 5.74) is 0. The van der Waals surface area contributed by atoms with Gasteiger partial charge >= 0.3 is 0 Å². The molecule has 0 spiro atoms. The number of likely N-dealkylation sites (tertiary alicyclic amines) is 1. The van der Waals surface area contributed by atoms with Crippen LogP contribution in [-0.4, -0.2) is 24.0 Å². The number of hydrogen-bond donors (Lipinski definition) is 0. The molecule has 3 atom stereocenters. The first-order valence-electron chi connectivity index (χ1n) is 7.89. The lowest BCUT2D eigenvalue weighted by molar-refractivity contribution is 0.191. The molecule has 1 heteroatoms. The van der Waals surface area contributed by atoms with Crippen LogP contribution in [0.15, 0.2) is 0 Å². The fraction of sp³-hybridized carbons (Fsp3) is 1.00. The molecule has 0 N–H and O–H groups in total. The molecule has 0 aromatic heterocycles.